The summed E-state index contributed by atoms with van der Waals surface area (Å²) in [5, 5.41) is 0. The van der Waals surface area contributed by atoms with Crippen molar-refractivity contribution in [1.29, 1.82) is 0 Å². The van der Waals surface area contributed by atoms with Gasteiger partial charge >= 0.3 is 5.97 Å². The van der Waals surface area contributed by atoms with E-state index in [1.165, 1.54) is 0 Å². The number of benzene rings is 2. The summed E-state index contributed by atoms with van der Waals surface area (Å²) in [7, 11) is 0. The molecule has 166 valence electrons. The molecular formula is C25H32N2O4. The van der Waals surface area contributed by atoms with E-state index in [1.807, 2.05) is 82.0 Å². The lowest BCUT2D eigenvalue weighted by atomic mass is 9.81. The first-order valence-electron chi connectivity index (χ1n) is 10.8. The molecule has 6 nitrogen and oxygen atoms in total. The van der Waals surface area contributed by atoms with Gasteiger partial charge < -0.3 is 9.80 Å². The molecule has 1 heterocycles. The maximum absolute atomic E-state index is 12.7. The molecule has 0 bridgehead atoms. The predicted molar refractivity (Wildman–Crippen MR) is 121 cm³/mol. The lowest BCUT2D eigenvalue weighted by Gasteiger charge is -2.36. The van der Waals surface area contributed by atoms with E-state index in [2.05, 4.69) is 4.90 Å². The van der Waals surface area contributed by atoms with Gasteiger partial charge in [0.25, 0.3) is 5.91 Å². The summed E-state index contributed by atoms with van der Waals surface area (Å²) in [6.07, 6.45) is 0. The molecule has 1 aliphatic rings. The van der Waals surface area contributed by atoms with Crippen LogP contribution >= 0.6 is 0 Å². The normalized spacial score (nSPS) is 14.5. The molecule has 0 N–H and O–H groups in total. The molecule has 3 rings (SSSR count). The second-order valence-corrected chi connectivity index (χ2v) is 8.97. The molecule has 31 heavy (non-hydrogen) atoms. The van der Waals surface area contributed by atoms with E-state index in [-0.39, 0.29) is 11.8 Å². The fraction of sp³-hybridized carbons (Fsp3) is 0.440. The molecule has 0 saturated carbocycles. The highest BCUT2D eigenvalue weighted by Crippen LogP contribution is 2.29. The number of piperazine rings is 1. The Bertz CT molecular complexity index is 913. The quantitative estimate of drug-likeness (QED) is 0.506. The van der Waals surface area contributed by atoms with E-state index in [1.54, 1.807) is 6.07 Å². The van der Waals surface area contributed by atoms with Crippen LogP contribution in [0.5, 0.6) is 5.75 Å². The molecule has 0 atom stereocenters. The Morgan fingerprint density at radius 3 is 2.23 bits per heavy atom. The summed E-state index contributed by atoms with van der Waals surface area (Å²) in [6.45, 7) is 12.4. The van der Waals surface area contributed by atoms with Gasteiger partial charge in [0.15, 0.2) is 5.75 Å². The molecule has 0 aromatic heterocycles. The van der Waals surface area contributed by atoms with Crippen molar-refractivity contribution in [3.8, 4) is 5.75 Å². The van der Waals surface area contributed by atoms with Crippen molar-refractivity contribution in [2.75, 3.05) is 31.1 Å². The van der Waals surface area contributed by atoms with Gasteiger partial charge in [-0.3, -0.25) is 9.68 Å². The Labute approximate surface area is 184 Å². The number of carbonyl (C=O) groups is 2. The molecule has 1 saturated heterocycles. The highest BCUT2D eigenvalue weighted by Gasteiger charge is 2.34. The topological polar surface area (TPSA) is 59.1 Å². The monoisotopic (exact) mass is 424 g/mol. The van der Waals surface area contributed by atoms with E-state index >= 15 is 0 Å². The van der Waals surface area contributed by atoms with E-state index in [0.717, 1.165) is 29.9 Å². The van der Waals surface area contributed by atoms with Gasteiger partial charge in [-0.2, -0.15) is 0 Å². The summed E-state index contributed by atoms with van der Waals surface area (Å²) in [6, 6.07) is 15.2. The Kier molecular flexibility index (Phi) is 6.88. The maximum Gasteiger partial charge on any atom is 0.361 e. The first kappa shape index (κ1) is 22.7. The van der Waals surface area contributed by atoms with Gasteiger partial charge in [-0.05, 0) is 51.0 Å². The lowest BCUT2D eigenvalue weighted by Crippen LogP contribution is -2.48. The first-order chi connectivity index (χ1) is 14.7. The molecule has 0 unspecified atom stereocenters. The summed E-state index contributed by atoms with van der Waals surface area (Å²) >= 11 is 0. The van der Waals surface area contributed by atoms with Crippen LogP contribution in [-0.2, 0) is 9.68 Å². The number of hydrogen-bond donors (Lipinski definition) is 0. The molecule has 1 amide bonds. The van der Waals surface area contributed by atoms with Gasteiger partial charge in [0.05, 0.1) is 5.41 Å². The lowest BCUT2D eigenvalue weighted by molar-refractivity contribution is -0.226. The smallest absolute Gasteiger partial charge is 0.361 e. The zero-order valence-corrected chi connectivity index (χ0v) is 19.1. The molecule has 2 aromatic rings. The van der Waals surface area contributed by atoms with Crippen LogP contribution < -0.4 is 9.79 Å². The number of hydrogen-bond acceptors (Lipinski definition) is 5. The van der Waals surface area contributed by atoms with Crippen molar-refractivity contribution in [3.05, 3.63) is 59.7 Å². The molecule has 0 spiro atoms. The van der Waals surface area contributed by atoms with Gasteiger partial charge in [-0.25, -0.2) is 9.68 Å². The Hall–Kier alpha value is -3.02. The SMILES string of the molecule is Cc1ccc(C(=O)N2CCN(c3cccc(OOC(=O)C(C)(C)C(C)C)c3)CC2)cc1. The molecule has 6 heteroatoms. The average Bonchev–Trinajstić information content (AvgIpc) is 2.77. The van der Waals surface area contributed by atoms with Gasteiger partial charge in [0.1, 0.15) is 0 Å². The van der Waals surface area contributed by atoms with Crippen molar-refractivity contribution >= 4 is 17.6 Å². The number of nitrogens with zero attached hydrogens (tertiary/aromatic N) is 2. The Morgan fingerprint density at radius 1 is 0.968 bits per heavy atom. The van der Waals surface area contributed by atoms with Gasteiger partial charge in [-0.15, -0.1) is 0 Å². The second kappa shape index (κ2) is 9.41. The fourth-order valence-corrected chi connectivity index (χ4v) is 3.21. The van der Waals surface area contributed by atoms with Crippen molar-refractivity contribution in [2.24, 2.45) is 11.3 Å². The maximum atomic E-state index is 12.7. The Morgan fingerprint density at radius 2 is 1.61 bits per heavy atom. The van der Waals surface area contributed by atoms with E-state index in [9.17, 15) is 9.59 Å². The van der Waals surface area contributed by atoms with E-state index in [0.29, 0.717) is 18.8 Å². The zero-order chi connectivity index (χ0) is 22.6. The molecule has 1 aliphatic heterocycles. The number of anilines is 1. The van der Waals surface area contributed by atoms with Crippen LogP contribution in [0.4, 0.5) is 5.69 Å². The summed E-state index contributed by atoms with van der Waals surface area (Å²) in [5.41, 5.74) is 2.21. The minimum atomic E-state index is -0.627. The van der Waals surface area contributed by atoms with Crippen molar-refractivity contribution in [3.63, 3.8) is 0 Å². The molecular weight excluding hydrogens is 392 g/mol. The number of aryl methyl sites for hydroxylation is 1. The zero-order valence-electron chi connectivity index (χ0n) is 19.1. The first-order valence-corrected chi connectivity index (χ1v) is 10.8. The minimum Gasteiger partial charge on any atom is -0.368 e. The van der Waals surface area contributed by atoms with Crippen molar-refractivity contribution in [1.82, 2.24) is 4.90 Å². The van der Waals surface area contributed by atoms with Crippen molar-refractivity contribution in [2.45, 2.75) is 34.6 Å². The average molecular weight is 425 g/mol. The summed E-state index contributed by atoms with van der Waals surface area (Å²) in [5.74, 6) is 0.282. The molecule has 0 radical (unpaired) electrons. The third kappa shape index (κ3) is 5.37. The van der Waals surface area contributed by atoms with Crippen molar-refractivity contribution < 1.29 is 19.4 Å². The van der Waals surface area contributed by atoms with Gasteiger partial charge in [0, 0.05) is 43.5 Å². The summed E-state index contributed by atoms with van der Waals surface area (Å²) in [4.78, 5) is 39.5. The van der Waals surface area contributed by atoms with Crippen LogP contribution in [0.1, 0.15) is 43.6 Å². The highest BCUT2D eigenvalue weighted by atomic mass is 17.2. The van der Waals surface area contributed by atoms with Crippen LogP contribution in [0.3, 0.4) is 0 Å². The number of carbonyl (C=O) groups excluding carboxylic acids is 2. The second-order valence-electron chi connectivity index (χ2n) is 8.97. The van der Waals surface area contributed by atoms with Crippen LogP contribution in [0, 0.1) is 18.3 Å². The minimum absolute atomic E-state index is 0.0661. The standard InChI is InChI=1S/C25H32N2O4/c1-18(2)25(4,5)24(29)31-30-22-8-6-7-21(17-22)26-13-15-27(16-14-26)23(28)20-11-9-19(3)10-12-20/h6-12,17-18H,13-16H2,1-5H3. The van der Waals surface area contributed by atoms with Crippen LogP contribution in [0.2, 0.25) is 0 Å². The fourth-order valence-electron chi connectivity index (χ4n) is 3.21. The van der Waals surface area contributed by atoms with Crippen LogP contribution in [0.25, 0.3) is 0 Å². The third-order valence-corrected chi connectivity index (χ3v) is 6.23. The highest BCUT2D eigenvalue weighted by molar-refractivity contribution is 5.94. The number of rotatable bonds is 6. The largest absolute Gasteiger partial charge is 0.368 e. The van der Waals surface area contributed by atoms with E-state index < -0.39 is 11.4 Å². The number of amides is 1. The Balaban J connectivity index is 1.57. The van der Waals surface area contributed by atoms with E-state index in [4.69, 9.17) is 9.78 Å². The third-order valence-electron chi connectivity index (χ3n) is 6.23. The van der Waals surface area contributed by atoms with Gasteiger partial charge in [0.2, 0.25) is 0 Å². The molecule has 0 aliphatic carbocycles. The van der Waals surface area contributed by atoms with Crippen LogP contribution in [-0.4, -0.2) is 43.0 Å². The van der Waals surface area contributed by atoms with Gasteiger partial charge in [-0.1, -0.05) is 37.6 Å². The summed E-state index contributed by atoms with van der Waals surface area (Å²) < 4.78 is 0. The predicted octanol–water partition coefficient (Wildman–Crippen LogP) is 4.48. The van der Waals surface area contributed by atoms with Crippen LogP contribution in [0.15, 0.2) is 48.5 Å². The molecule has 2 aromatic carbocycles. The molecule has 1 fully saturated rings.